The monoisotopic (exact) mass is 368 g/mol. The number of imidazole rings is 1. The van der Waals surface area contributed by atoms with Crippen molar-refractivity contribution in [2.24, 2.45) is 11.3 Å². The number of hydrogen-bond acceptors (Lipinski definition) is 3. The number of rotatable bonds is 4. The third-order valence-corrected chi connectivity index (χ3v) is 4.86. The van der Waals surface area contributed by atoms with Crippen LogP contribution in [0.3, 0.4) is 0 Å². The molecule has 144 valence electrons. The summed E-state index contributed by atoms with van der Waals surface area (Å²) in [5, 5.41) is 2.96. The van der Waals surface area contributed by atoms with Crippen molar-refractivity contribution in [2.45, 2.75) is 40.2 Å². The van der Waals surface area contributed by atoms with Gasteiger partial charge in [-0.05, 0) is 18.4 Å². The zero-order valence-corrected chi connectivity index (χ0v) is 16.3. The van der Waals surface area contributed by atoms with E-state index in [4.69, 9.17) is 0 Å². The Kier molecular flexibility index (Phi) is 5.63. The van der Waals surface area contributed by atoms with Crippen molar-refractivity contribution in [3.63, 3.8) is 0 Å². The lowest BCUT2D eigenvalue weighted by Crippen LogP contribution is -2.48. The minimum Gasteiger partial charge on any atom is -0.349 e. The van der Waals surface area contributed by atoms with Crippen LogP contribution in [0.5, 0.6) is 0 Å². The van der Waals surface area contributed by atoms with Gasteiger partial charge in [0.05, 0.1) is 24.4 Å². The van der Waals surface area contributed by atoms with Gasteiger partial charge in [0, 0.05) is 18.5 Å². The number of benzene rings is 1. The molecule has 27 heavy (non-hydrogen) atoms. The minimum atomic E-state index is -0.416. The van der Waals surface area contributed by atoms with Crippen LogP contribution in [0.4, 0.5) is 0 Å². The first-order chi connectivity index (χ1) is 12.8. The SMILES string of the molecule is CC(C)(C)C(=O)N1CCC[C@H](C(=O)NCc2ncc(-c3ccccc3)[nH]2)C1. The molecule has 0 bridgehead atoms. The number of hydrogen-bond donors (Lipinski definition) is 2. The molecule has 6 heteroatoms. The van der Waals surface area contributed by atoms with Gasteiger partial charge in [-0.15, -0.1) is 0 Å². The highest BCUT2D eigenvalue weighted by Crippen LogP contribution is 2.23. The van der Waals surface area contributed by atoms with Crippen LogP contribution >= 0.6 is 0 Å². The van der Waals surface area contributed by atoms with E-state index in [1.54, 1.807) is 6.20 Å². The molecule has 6 nitrogen and oxygen atoms in total. The third-order valence-electron chi connectivity index (χ3n) is 4.86. The Morgan fingerprint density at radius 2 is 2.00 bits per heavy atom. The molecule has 1 aromatic carbocycles. The van der Waals surface area contributed by atoms with Crippen LogP contribution in [0.15, 0.2) is 36.5 Å². The molecule has 0 unspecified atom stereocenters. The summed E-state index contributed by atoms with van der Waals surface area (Å²) in [6.07, 6.45) is 3.45. The number of carbonyl (C=O) groups excluding carboxylic acids is 2. The van der Waals surface area contributed by atoms with E-state index in [2.05, 4.69) is 15.3 Å². The normalized spacial score (nSPS) is 17.6. The van der Waals surface area contributed by atoms with Crippen LogP contribution < -0.4 is 5.32 Å². The Labute approximate surface area is 160 Å². The van der Waals surface area contributed by atoms with Crippen LogP contribution in [0, 0.1) is 11.3 Å². The predicted octanol–water partition coefficient (Wildman–Crippen LogP) is 2.98. The molecule has 0 spiro atoms. The number of likely N-dealkylation sites (tertiary alicyclic amines) is 1. The first kappa shape index (κ1) is 19.1. The predicted molar refractivity (Wildman–Crippen MR) is 105 cm³/mol. The maximum atomic E-state index is 12.6. The zero-order valence-electron chi connectivity index (χ0n) is 16.3. The zero-order chi connectivity index (χ0) is 19.4. The van der Waals surface area contributed by atoms with Crippen molar-refractivity contribution < 1.29 is 9.59 Å². The number of nitrogens with zero attached hydrogens (tertiary/aromatic N) is 2. The fraction of sp³-hybridized carbons (Fsp3) is 0.476. The van der Waals surface area contributed by atoms with Gasteiger partial charge in [-0.2, -0.15) is 0 Å². The summed E-state index contributed by atoms with van der Waals surface area (Å²) in [5.74, 6) is 0.659. The highest BCUT2D eigenvalue weighted by molar-refractivity contribution is 5.83. The highest BCUT2D eigenvalue weighted by Gasteiger charge is 2.33. The molecule has 1 aliphatic heterocycles. The molecule has 0 aliphatic carbocycles. The Bertz CT molecular complexity index is 792. The second kappa shape index (κ2) is 7.94. The molecule has 2 amide bonds. The maximum absolute atomic E-state index is 12.6. The topological polar surface area (TPSA) is 78.1 Å². The van der Waals surface area contributed by atoms with Gasteiger partial charge in [-0.1, -0.05) is 51.1 Å². The van der Waals surface area contributed by atoms with Crippen LogP contribution in [-0.2, 0) is 16.1 Å². The lowest BCUT2D eigenvalue weighted by atomic mass is 9.91. The van der Waals surface area contributed by atoms with Gasteiger partial charge < -0.3 is 15.2 Å². The van der Waals surface area contributed by atoms with Gasteiger partial charge in [0.2, 0.25) is 11.8 Å². The molecular formula is C21H28N4O2. The Balaban J connectivity index is 1.55. The summed E-state index contributed by atoms with van der Waals surface area (Å²) in [4.78, 5) is 34.5. The van der Waals surface area contributed by atoms with E-state index in [0.29, 0.717) is 13.1 Å². The lowest BCUT2D eigenvalue weighted by Gasteiger charge is -2.35. The minimum absolute atomic E-state index is 0.0147. The number of amides is 2. The van der Waals surface area contributed by atoms with Gasteiger partial charge in [0.1, 0.15) is 5.82 Å². The van der Waals surface area contributed by atoms with Crippen LogP contribution in [0.1, 0.15) is 39.4 Å². The molecule has 2 N–H and O–H groups in total. The molecule has 1 aromatic heterocycles. The first-order valence-corrected chi connectivity index (χ1v) is 9.51. The van der Waals surface area contributed by atoms with Crippen LogP contribution in [0.25, 0.3) is 11.3 Å². The molecule has 0 saturated carbocycles. The second-order valence-corrected chi connectivity index (χ2v) is 8.17. The molecule has 3 rings (SSSR count). The average Bonchev–Trinajstić information content (AvgIpc) is 3.14. The highest BCUT2D eigenvalue weighted by atomic mass is 16.2. The quantitative estimate of drug-likeness (QED) is 0.871. The number of aromatic amines is 1. The molecule has 0 radical (unpaired) electrons. The van der Waals surface area contributed by atoms with E-state index >= 15 is 0 Å². The molecule has 1 atom stereocenters. The standard InChI is InChI=1S/C21H28N4O2/c1-21(2,3)20(27)25-11-7-10-16(14-25)19(26)23-13-18-22-12-17(24-18)15-8-5-4-6-9-15/h4-6,8-9,12,16H,7,10-11,13-14H2,1-3H3,(H,22,24)(H,23,26)/t16-/m0/s1. The van der Waals surface area contributed by atoms with Crippen molar-refractivity contribution in [2.75, 3.05) is 13.1 Å². The van der Waals surface area contributed by atoms with Crippen molar-refractivity contribution in [3.8, 4) is 11.3 Å². The molecule has 1 saturated heterocycles. The third kappa shape index (κ3) is 4.76. The largest absolute Gasteiger partial charge is 0.349 e. The van der Waals surface area contributed by atoms with E-state index in [0.717, 1.165) is 36.5 Å². The van der Waals surface area contributed by atoms with Crippen molar-refractivity contribution in [1.82, 2.24) is 20.2 Å². The molecule has 2 heterocycles. The van der Waals surface area contributed by atoms with E-state index in [1.165, 1.54) is 0 Å². The van der Waals surface area contributed by atoms with Gasteiger partial charge in [0.15, 0.2) is 0 Å². The molecular weight excluding hydrogens is 340 g/mol. The number of piperidine rings is 1. The first-order valence-electron chi connectivity index (χ1n) is 9.51. The van der Waals surface area contributed by atoms with Gasteiger partial charge >= 0.3 is 0 Å². The van der Waals surface area contributed by atoms with Crippen molar-refractivity contribution in [3.05, 3.63) is 42.4 Å². The summed E-state index contributed by atoms with van der Waals surface area (Å²) >= 11 is 0. The Morgan fingerprint density at radius 1 is 1.26 bits per heavy atom. The smallest absolute Gasteiger partial charge is 0.227 e. The van der Waals surface area contributed by atoms with E-state index < -0.39 is 5.41 Å². The summed E-state index contributed by atoms with van der Waals surface area (Å²) in [6.45, 7) is 7.34. The van der Waals surface area contributed by atoms with Crippen LogP contribution in [-0.4, -0.2) is 39.8 Å². The van der Waals surface area contributed by atoms with Gasteiger partial charge in [-0.3, -0.25) is 9.59 Å². The van der Waals surface area contributed by atoms with E-state index in [9.17, 15) is 9.59 Å². The molecule has 1 aliphatic rings. The number of carbonyl (C=O) groups is 2. The fourth-order valence-corrected chi connectivity index (χ4v) is 3.38. The summed E-state index contributed by atoms with van der Waals surface area (Å²) < 4.78 is 0. The van der Waals surface area contributed by atoms with E-state index in [1.807, 2.05) is 56.0 Å². The van der Waals surface area contributed by atoms with Crippen molar-refractivity contribution in [1.29, 1.82) is 0 Å². The van der Waals surface area contributed by atoms with Gasteiger partial charge in [0.25, 0.3) is 0 Å². The second-order valence-electron chi connectivity index (χ2n) is 8.17. The summed E-state index contributed by atoms with van der Waals surface area (Å²) in [5.41, 5.74) is 1.58. The van der Waals surface area contributed by atoms with Gasteiger partial charge in [-0.25, -0.2) is 4.98 Å². The van der Waals surface area contributed by atoms with Crippen molar-refractivity contribution >= 4 is 11.8 Å². The Hall–Kier alpha value is -2.63. The average molecular weight is 368 g/mol. The molecule has 1 fully saturated rings. The lowest BCUT2D eigenvalue weighted by molar-refractivity contribution is -0.142. The number of H-pyrrole nitrogens is 1. The molecule has 2 aromatic rings. The summed E-state index contributed by atoms with van der Waals surface area (Å²) in [7, 11) is 0. The fourth-order valence-electron chi connectivity index (χ4n) is 3.38. The van der Waals surface area contributed by atoms with Crippen LogP contribution in [0.2, 0.25) is 0 Å². The Morgan fingerprint density at radius 3 is 2.70 bits per heavy atom. The maximum Gasteiger partial charge on any atom is 0.227 e. The summed E-state index contributed by atoms with van der Waals surface area (Å²) in [6, 6.07) is 9.95. The van der Waals surface area contributed by atoms with E-state index in [-0.39, 0.29) is 17.7 Å². The number of aromatic nitrogens is 2. The number of nitrogens with one attached hydrogen (secondary N) is 2.